The largest absolute Gasteiger partial charge is 0.334 e. The van der Waals surface area contributed by atoms with E-state index in [0.29, 0.717) is 36.2 Å². The lowest BCUT2D eigenvalue weighted by Crippen LogP contribution is -2.52. The van der Waals surface area contributed by atoms with Gasteiger partial charge in [0.25, 0.3) is 0 Å². The third kappa shape index (κ3) is 6.32. The predicted molar refractivity (Wildman–Crippen MR) is 132 cm³/mol. The number of carbonyl (C=O) groups is 1. The molecule has 10 heteroatoms. The number of aromatic nitrogens is 1. The molecule has 0 bridgehead atoms. The summed E-state index contributed by atoms with van der Waals surface area (Å²) in [4.78, 5) is 19.4. The molecule has 2 aliphatic rings. The Morgan fingerprint density at radius 2 is 1.73 bits per heavy atom. The van der Waals surface area contributed by atoms with Crippen molar-refractivity contribution in [1.82, 2.24) is 19.5 Å². The lowest BCUT2D eigenvalue weighted by Gasteiger charge is -2.40. The van der Waals surface area contributed by atoms with E-state index in [4.69, 9.17) is 0 Å². The standard InChI is InChI=1S/C23H30BrN5O3S/c24-19-3-7-21(8-4-19)28-12-14-29(15-13-28)33(31,32)22-9-5-20(6-10-22)27-23(30)26-17-18-2-1-11-25-16-18/h1-2,5-6,9-11,16,19,21H,3-4,7-8,12-15,17H2,(H2,26,27,30). The van der Waals surface area contributed by atoms with Gasteiger partial charge in [0.1, 0.15) is 0 Å². The van der Waals surface area contributed by atoms with Crippen molar-refractivity contribution < 1.29 is 13.2 Å². The summed E-state index contributed by atoms with van der Waals surface area (Å²) in [6, 6.07) is 10.2. The number of carbonyl (C=O) groups excluding carboxylic acids is 1. The average Bonchev–Trinajstić information content (AvgIpc) is 2.84. The Kier molecular flexibility index (Phi) is 8.00. The Labute approximate surface area is 203 Å². The van der Waals surface area contributed by atoms with Crippen LogP contribution in [-0.2, 0) is 16.6 Å². The summed E-state index contributed by atoms with van der Waals surface area (Å²) in [6.07, 6.45) is 8.08. The van der Waals surface area contributed by atoms with Gasteiger partial charge in [0, 0.05) is 61.7 Å². The molecule has 2 N–H and O–H groups in total. The van der Waals surface area contributed by atoms with Crippen LogP contribution in [0.2, 0.25) is 0 Å². The van der Waals surface area contributed by atoms with Crippen LogP contribution in [0.5, 0.6) is 0 Å². The average molecular weight is 536 g/mol. The van der Waals surface area contributed by atoms with Gasteiger partial charge in [-0.2, -0.15) is 4.31 Å². The monoisotopic (exact) mass is 535 g/mol. The molecule has 0 unspecified atom stereocenters. The number of hydrogen-bond acceptors (Lipinski definition) is 5. The molecule has 1 aliphatic heterocycles. The van der Waals surface area contributed by atoms with E-state index in [1.165, 1.54) is 25.7 Å². The van der Waals surface area contributed by atoms with Crippen LogP contribution in [0.4, 0.5) is 10.5 Å². The molecule has 2 fully saturated rings. The molecule has 0 spiro atoms. The van der Waals surface area contributed by atoms with Gasteiger partial charge in [0.05, 0.1) is 4.90 Å². The molecule has 1 aromatic carbocycles. The van der Waals surface area contributed by atoms with Crippen molar-refractivity contribution in [3.63, 3.8) is 0 Å². The fraction of sp³-hybridized carbons (Fsp3) is 0.478. The highest BCUT2D eigenvalue weighted by atomic mass is 79.9. The highest BCUT2D eigenvalue weighted by molar-refractivity contribution is 9.09. The van der Waals surface area contributed by atoms with Crippen molar-refractivity contribution in [1.29, 1.82) is 0 Å². The lowest BCUT2D eigenvalue weighted by molar-refractivity contribution is 0.113. The van der Waals surface area contributed by atoms with E-state index < -0.39 is 10.0 Å². The molecule has 4 rings (SSSR count). The van der Waals surface area contributed by atoms with E-state index in [-0.39, 0.29) is 10.9 Å². The number of amides is 2. The molecule has 2 heterocycles. The Hall–Kier alpha value is -2.01. The number of nitrogens with zero attached hydrogens (tertiary/aromatic N) is 3. The summed E-state index contributed by atoms with van der Waals surface area (Å²) in [7, 11) is -3.55. The number of nitrogens with one attached hydrogen (secondary N) is 2. The number of hydrogen-bond donors (Lipinski definition) is 2. The molecule has 1 aliphatic carbocycles. The van der Waals surface area contributed by atoms with E-state index in [2.05, 4.69) is 36.4 Å². The van der Waals surface area contributed by atoms with Crippen LogP contribution in [0.3, 0.4) is 0 Å². The molecule has 2 aromatic rings. The molecule has 1 saturated heterocycles. The van der Waals surface area contributed by atoms with Crippen molar-refractivity contribution >= 4 is 37.7 Å². The SMILES string of the molecule is O=C(NCc1cccnc1)Nc1ccc(S(=O)(=O)N2CCN(C3CCC(Br)CC3)CC2)cc1. The van der Waals surface area contributed by atoms with Crippen molar-refractivity contribution in [2.75, 3.05) is 31.5 Å². The zero-order chi connectivity index (χ0) is 23.3. The van der Waals surface area contributed by atoms with Gasteiger partial charge in [0.2, 0.25) is 10.0 Å². The molecule has 8 nitrogen and oxygen atoms in total. The summed E-state index contributed by atoms with van der Waals surface area (Å²) in [5.74, 6) is 0. The van der Waals surface area contributed by atoms with E-state index in [0.717, 1.165) is 18.7 Å². The number of halogens is 1. The summed E-state index contributed by atoms with van der Waals surface area (Å²) in [6.45, 7) is 2.91. The highest BCUT2D eigenvalue weighted by Crippen LogP contribution is 2.29. The molecule has 178 valence electrons. The molecule has 0 radical (unpaired) electrons. The summed E-state index contributed by atoms with van der Waals surface area (Å²) >= 11 is 3.70. The maximum atomic E-state index is 13.1. The Balaban J connectivity index is 1.28. The van der Waals surface area contributed by atoms with Gasteiger partial charge < -0.3 is 10.6 Å². The van der Waals surface area contributed by atoms with Crippen LogP contribution in [0.1, 0.15) is 31.2 Å². The second-order valence-corrected chi connectivity index (χ2v) is 11.8. The summed E-state index contributed by atoms with van der Waals surface area (Å²) in [5.41, 5.74) is 1.43. The number of rotatable bonds is 6. The maximum absolute atomic E-state index is 13.1. The quantitative estimate of drug-likeness (QED) is 0.552. The Morgan fingerprint density at radius 1 is 1.03 bits per heavy atom. The molecular weight excluding hydrogens is 506 g/mol. The van der Waals surface area contributed by atoms with Crippen LogP contribution >= 0.6 is 15.9 Å². The number of anilines is 1. The minimum absolute atomic E-state index is 0.247. The van der Waals surface area contributed by atoms with E-state index in [1.54, 1.807) is 41.0 Å². The number of urea groups is 1. The molecule has 1 aromatic heterocycles. The maximum Gasteiger partial charge on any atom is 0.319 e. The van der Waals surface area contributed by atoms with E-state index >= 15 is 0 Å². The van der Waals surface area contributed by atoms with Crippen molar-refractivity contribution in [3.8, 4) is 0 Å². The number of alkyl halides is 1. The minimum Gasteiger partial charge on any atom is -0.334 e. The first-order chi connectivity index (χ1) is 15.9. The fourth-order valence-corrected chi connectivity index (χ4v) is 6.38. The van der Waals surface area contributed by atoms with Crippen LogP contribution in [0, 0.1) is 0 Å². The van der Waals surface area contributed by atoms with Crippen molar-refractivity contribution in [2.45, 2.75) is 48.0 Å². The molecule has 1 saturated carbocycles. The van der Waals surface area contributed by atoms with Crippen LogP contribution in [-0.4, -0.2) is 65.7 Å². The van der Waals surface area contributed by atoms with E-state index in [9.17, 15) is 13.2 Å². The van der Waals surface area contributed by atoms with Crippen molar-refractivity contribution in [3.05, 3.63) is 54.4 Å². The molecule has 33 heavy (non-hydrogen) atoms. The minimum atomic E-state index is -3.55. The van der Waals surface area contributed by atoms with Gasteiger partial charge in [-0.05, 0) is 61.6 Å². The van der Waals surface area contributed by atoms with Gasteiger partial charge in [-0.3, -0.25) is 9.88 Å². The summed E-state index contributed by atoms with van der Waals surface area (Å²) < 4.78 is 27.8. The molecular formula is C23H30BrN5O3S. The number of piperazine rings is 1. The van der Waals surface area contributed by atoms with Gasteiger partial charge in [-0.1, -0.05) is 22.0 Å². The zero-order valence-corrected chi connectivity index (χ0v) is 20.9. The highest BCUT2D eigenvalue weighted by Gasteiger charge is 2.32. The third-order valence-corrected chi connectivity index (χ3v) is 9.17. The van der Waals surface area contributed by atoms with Gasteiger partial charge in [-0.25, -0.2) is 13.2 Å². The Morgan fingerprint density at radius 3 is 2.36 bits per heavy atom. The lowest BCUT2D eigenvalue weighted by atomic mass is 9.94. The number of benzene rings is 1. The van der Waals surface area contributed by atoms with Gasteiger partial charge in [-0.15, -0.1) is 0 Å². The van der Waals surface area contributed by atoms with Gasteiger partial charge in [0.15, 0.2) is 0 Å². The predicted octanol–water partition coefficient (Wildman–Crippen LogP) is 3.42. The van der Waals surface area contributed by atoms with Crippen molar-refractivity contribution in [2.24, 2.45) is 0 Å². The first-order valence-electron chi connectivity index (χ1n) is 11.3. The summed E-state index contributed by atoms with van der Waals surface area (Å²) in [5, 5.41) is 5.48. The second kappa shape index (κ2) is 10.9. The first-order valence-corrected chi connectivity index (χ1v) is 13.7. The van der Waals surface area contributed by atoms with Crippen LogP contribution in [0.25, 0.3) is 0 Å². The first kappa shape index (κ1) is 24.1. The van der Waals surface area contributed by atoms with Crippen LogP contribution in [0.15, 0.2) is 53.7 Å². The molecule has 0 atom stereocenters. The zero-order valence-electron chi connectivity index (χ0n) is 18.5. The topological polar surface area (TPSA) is 94.6 Å². The smallest absolute Gasteiger partial charge is 0.319 e. The molecule has 2 amide bonds. The fourth-order valence-electron chi connectivity index (χ4n) is 4.43. The normalized spacial score (nSPS) is 22.6. The van der Waals surface area contributed by atoms with E-state index in [1.807, 2.05) is 12.1 Å². The second-order valence-electron chi connectivity index (χ2n) is 8.54. The van der Waals surface area contributed by atoms with Crippen LogP contribution < -0.4 is 10.6 Å². The Bertz CT molecular complexity index is 1020. The number of sulfonamides is 1. The van der Waals surface area contributed by atoms with Gasteiger partial charge >= 0.3 is 6.03 Å². The number of pyridine rings is 1. The third-order valence-electron chi connectivity index (χ3n) is 6.34.